The summed E-state index contributed by atoms with van der Waals surface area (Å²) in [6, 6.07) is 25.0. The number of amides is 1. The van der Waals surface area contributed by atoms with Crippen LogP contribution < -0.4 is 4.90 Å². The van der Waals surface area contributed by atoms with Crippen molar-refractivity contribution >= 4 is 17.5 Å². The van der Waals surface area contributed by atoms with E-state index in [-0.39, 0.29) is 5.91 Å². The molecule has 0 bridgehead atoms. The molecular weight excluding hydrogens is 368 g/mol. The molecule has 1 amide bonds. The second-order valence-corrected chi connectivity index (χ2v) is 8.00. The third-order valence-electron chi connectivity index (χ3n) is 6.03. The van der Waals surface area contributed by atoms with Gasteiger partial charge in [0, 0.05) is 21.7 Å². The first-order chi connectivity index (χ1) is 13.7. The van der Waals surface area contributed by atoms with Crippen LogP contribution in [0.4, 0.5) is 0 Å². The monoisotopic (exact) mass is 389 g/mol. The number of piperazine rings is 1. The predicted octanol–water partition coefficient (Wildman–Crippen LogP) is 3.45. The predicted molar refractivity (Wildman–Crippen MR) is 112 cm³/mol. The molecule has 1 N–H and O–H groups in total. The van der Waals surface area contributed by atoms with E-state index in [0.29, 0.717) is 16.6 Å². The standard InChI is InChI=1S/C24H21ClN2O/c25-18-11-9-17(10-12-18)24(28)27-15-13-26(14-16-27)23-21-7-3-1-5-19(21)20-6-2-4-8-22(20)23/h1-12,23H,13-16H2/p+1. The lowest BCUT2D eigenvalue weighted by atomic mass is 10.0. The number of nitrogens with one attached hydrogen (secondary N) is 1. The van der Waals surface area contributed by atoms with Gasteiger partial charge in [0.15, 0.2) is 0 Å². The van der Waals surface area contributed by atoms with Crippen LogP contribution >= 0.6 is 11.6 Å². The Morgan fingerprint density at radius 3 is 1.93 bits per heavy atom. The molecule has 1 fully saturated rings. The maximum absolute atomic E-state index is 12.8. The first kappa shape index (κ1) is 17.5. The van der Waals surface area contributed by atoms with E-state index in [1.165, 1.54) is 27.2 Å². The van der Waals surface area contributed by atoms with E-state index >= 15 is 0 Å². The molecule has 0 saturated carbocycles. The van der Waals surface area contributed by atoms with Gasteiger partial charge in [-0.1, -0.05) is 60.1 Å². The average Bonchev–Trinajstić information content (AvgIpc) is 3.08. The molecule has 4 heteroatoms. The number of nitrogens with zero attached hydrogens (tertiary/aromatic N) is 1. The first-order valence-electron chi connectivity index (χ1n) is 9.80. The number of rotatable bonds is 2. The van der Waals surface area contributed by atoms with Crippen LogP contribution in [0.1, 0.15) is 27.5 Å². The van der Waals surface area contributed by atoms with Gasteiger partial charge in [0.25, 0.3) is 5.91 Å². The Hall–Kier alpha value is -2.62. The molecule has 28 heavy (non-hydrogen) atoms. The Bertz CT molecular complexity index is 977. The Kier molecular flexibility index (Phi) is 4.42. The molecule has 0 unspecified atom stereocenters. The largest absolute Gasteiger partial charge is 0.327 e. The number of halogens is 1. The summed E-state index contributed by atoms with van der Waals surface area (Å²) in [4.78, 5) is 16.3. The van der Waals surface area contributed by atoms with Gasteiger partial charge in [-0.25, -0.2) is 0 Å². The molecule has 0 aromatic heterocycles. The molecule has 0 atom stereocenters. The SMILES string of the molecule is O=C(c1ccc(Cl)cc1)N1CC[NH+](C2c3ccccc3-c3ccccc32)CC1. The zero-order chi connectivity index (χ0) is 19.1. The van der Waals surface area contributed by atoms with Crippen molar-refractivity contribution in [3.63, 3.8) is 0 Å². The molecule has 1 heterocycles. The molecule has 3 aromatic rings. The third-order valence-corrected chi connectivity index (χ3v) is 6.28. The Balaban J connectivity index is 1.36. The highest BCUT2D eigenvalue weighted by Gasteiger charge is 2.38. The van der Waals surface area contributed by atoms with Gasteiger partial charge in [0.2, 0.25) is 0 Å². The summed E-state index contributed by atoms with van der Waals surface area (Å²) < 4.78 is 0. The van der Waals surface area contributed by atoms with E-state index < -0.39 is 0 Å². The summed E-state index contributed by atoms with van der Waals surface area (Å²) in [7, 11) is 0. The number of carbonyl (C=O) groups is 1. The van der Waals surface area contributed by atoms with Crippen LogP contribution in [-0.2, 0) is 0 Å². The van der Waals surface area contributed by atoms with Crippen LogP contribution in [0.5, 0.6) is 0 Å². The van der Waals surface area contributed by atoms with E-state index in [9.17, 15) is 4.79 Å². The highest BCUT2D eigenvalue weighted by Crippen LogP contribution is 2.41. The highest BCUT2D eigenvalue weighted by molar-refractivity contribution is 6.30. The molecule has 1 aliphatic heterocycles. The number of quaternary nitrogens is 1. The van der Waals surface area contributed by atoms with Crippen LogP contribution in [0.15, 0.2) is 72.8 Å². The van der Waals surface area contributed by atoms with Crippen molar-refractivity contribution in [2.24, 2.45) is 0 Å². The van der Waals surface area contributed by atoms with Gasteiger partial charge < -0.3 is 9.80 Å². The van der Waals surface area contributed by atoms with Crippen LogP contribution in [0.3, 0.4) is 0 Å². The lowest BCUT2D eigenvalue weighted by molar-refractivity contribution is -0.928. The van der Waals surface area contributed by atoms with Crippen molar-refractivity contribution < 1.29 is 9.69 Å². The van der Waals surface area contributed by atoms with Gasteiger partial charge in [-0.05, 0) is 35.4 Å². The summed E-state index contributed by atoms with van der Waals surface area (Å²) >= 11 is 5.95. The third kappa shape index (κ3) is 2.92. The van der Waals surface area contributed by atoms with E-state index in [1.807, 2.05) is 17.0 Å². The van der Waals surface area contributed by atoms with Gasteiger partial charge in [-0.2, -0.15) is 0 Å². The normalized spacial score (nSPS) is 16.7. The second-order valence-electron chi connectivity index (χ2n) is 7.56. The minimum absolute atomic E-state index is 0.0999. The lowest BCUT2D eigenvalue weighted by Gasteiger charge is -2.36. The van der Waals surface area contributed by atoms with Gasteiger partial charge >= 0.3 is 0 Å². The Labute approximate surface area is 170 Å². The van der Waals surface area contributed by atoms with Crippen molar-refractivity contribution in [1.82, 2.24) is 4.90 Å². The maximum atomic E-state index is 12.8. The Morgan fingerprint density at radius 1 is 0.821 bits per heavy atom. The first-order valence-corrected chi connectivity index (χ1v) is 10.2. The van der Waals surface area contributed by atoms with Crippen LogP contribution in [0.2, 0.25) is 5.02 Å². The maximum Gasteiger partial charge on any atom is 0.254 e. The van der Waals surface area contributed by atoms with Gasteiger partial charge in [0.05, 0.1) is 26.2 Å². The number of carbonyl (C=O) groups excluding carboxylic acids is 1. The van der Waals surface area contributed by atoms with E-state index in [1.54, 1.807) is 12.1 Å². The van der Waals surface area contributed by atoms with Crippen LogP contribution in [-0.4, -0.2) is 37.0 Å². The zero-order valence-electron chi connectivity index (χ0n) is 15.6. The van der Waals surface area contributed by atoms with Crippen LogP contribution in [0.25, 0.3) is 11.1 Å². The van der Waals surface area contributed by atoms with Gasteiger partial charge in [0.1, 0.15) is 6.04 Å². The van der Waals surface area contributed by atoms with Crippen molar-refractivity contribution in [3.05, 3.63) is 94.5 Å². The molecule has 3 aromatic carbocycles. The second kappa shape index (κ2) is 7.08. The summed E-state index contributed by atoms with van der Waals surface area (Å²) in [5.74, 6) is 0.0999. The smallest absolute Gasteiger partial charge is 0.254 e. The summed E-state index contributed by atoms with van der Waals surface area (Å²) in [6.45, 7) is 3.45. The Morgan fingerprint density at radius 2 is 1.36 bits per heavy atom. The van der Waals surface area contributed by atoms with E-state index in [0.717, 1.165) is 26.2 Å². The summed E-state index contributed by atoms with van der Waals surface area (Å²) in [6.07, 6.45) is 0. The molecule has 1 saturated heterocycles. The minimum atomic E-state index is 0.0999. The number of fused-ring (bicyclic) bond motifs is 3. The van der Waals surface area contributed by atoms with Crippen molar-refractivity contribution in [2.45, 2.75) is 6.04 Å². The summed E-state index contributed by atoms with van der Waals surface area (Å²) in [5.41, 5.74) is 6.25. The van der Waals surface area contributed by atoms with Crippen molar-refractivity contribution in [3.8, 4) is 11.1 Å². The number of benzene rings is 3. The fraction of sp³-hybridized carbons (Fsp3) is 0.208. The van der Waals surface area contributed by atoms with Gasteiger partial charge in [-0.15, -0.1) is 0 Å². The molecule has 1 aliphatic carbocycles. The molecule has 140 valence electrons. The fourth-order valence-electron chi connectivity index (χ4n) is 4.66. The lowest BCUT2D eigenvalue weighted by Crippen LogP contribution is -3.15. The molecule has 0 spiro atoms. The van der Waals surface area contributed by atoms with Crippen LogP contribution in [0, 0.1) is 0 Å². The molecular formula is C24H22ClN2O+. The molecule has 0 radical (unpaired) electrons. The van der Waals surface area contributed by atoms with E-state index in [2.05, 4.69) is 48.5 Å². The summed E-state index contributed by atoms with van der Waals surface area (Å²) in [5, 5.41) is 0.657. The number of hydrogen-bond donors (Lipinski definition) is 1. The molecule has 3 nitrogen and oxygen atoms in total. The quantitative estimate of drug-likeness (QED) is 0.713. The highest BCUT2D eigenvalue weighted by atomic mass is 35.5. The number of hydrogen-bond acceptors (Lipinski definition) is 1. The molecule has 5 rings (SSSR count). The molecule has 2 aliphatic rings. The van der Waals surface area contributed by atoms with Crippen molar-refractivity contribution in [2.75, 3.05) is 26.2 Å². The van der Waals surface area contributed by atoms with Gasteiger partial charge in [-0.3, -0.25) is 4.79 Å². The fourth-order valence-corrected chi connectivity index (χ4v) is 4.78. The zero-order valence-corrected chi connectivity index (χ0v) is 16.3. The minimum Gasteiger partial charge on any atom is -0.327 e. The average molecular weight is 390 g/mol. The van der Waals surface area contributed by atoms with E-state index in [4.69, 9.17) is 11.6 Å². The van der Waals surface area contributed by atoms with Crippen molar-refractivity contribution in [1.29, 1.82) is 0 Å². The topological polar surface area (TPSA) is 24.8 Å².